The summed E-state index contributed by atoms with van der Waals surface area (Å²) in [6.45, 7) is 2.89. The van der Waals surface area contributed by atoms with E-state index in [-0.39, 0.29) is 6.04 Å². The largest absolute Gasteiger partial charge is 0.480 e. The van der Waals surface area contributed by atoms with Crippen molar-refractivity contribution in [2.45, 2.75) is 13.0 Å². The second-order valence-corrected chi connectivity index (χ2v) is 4.26. The number of hydrogen-bond donors (Lipinski definition) is 1. The van der Waals surface area contributed by atoms with Crippen LogP contribution >= 0.6 is 11.3 Å². The molecule has 0 saturated carbocycles. The minimum atomic E-state index is -0.0175. The summed E-state index contributed by atoms with van der Waals surface area (Å²) < 4.78 is 5.24. The van der Waals surface area contributed by atoms with Crippen molar-refractivity contribution in [3.63, 3.8) is 0 Å². The number of nitrogens with zero attached hydrogens (tertiary/aromatic N) is 3. The first-order chi connectivity index (χ1) is 8.36. The van der Waals surface area contributed by atoms with Crippen molar-refractivity contribution < 1.29 is 4.74 Å². The predicted molar refractivity (Wildman–Crippen MR) is 66.2 cm³/mol. The lowest BCUT2D eigenvalue weighted by molar-refractivity contribution is 0.383. The van der Waals surface area contributed by atoms with E-state index in [1.165, 1.54) is 0 Å². The predicted octanol–water partition coefficient (Wildman–Crippen LogP) is 1.64. The molecule has 0 saturated heterocycles. The Morgan fingerprint density at radius 3 is 2.88 bits per heavy atom. The van der Waals surface area contributed by atoms with Crippen LogP contribution in [0.3, 0.4) is 0 Å². The molecule has 0 amide bonds. The number of ether oxygens (including phenoxy) is 1. The fourth-order valence-corrected chi connectivity index (χ4v) is 2.29. The second kappa shape index (κ2) is 5.70. The number of thiazole rings is 1. The third kappa shape index (κ3) is 2.59. The third-order valence-electron chi connectivity index (χ3n) is 2.30. The minimum absolute atomic E-state index is 0.0175. The van der Waals surface area contributed by atoms with Gasteiger partial charge in [-0.25, -0.2) is 4.98 Å². The molecule has 2 rings (SSSR count). The fourth-order valence-electron chi connectivity index (χ4n) is 1.60. The van der Waals surface area contributed by atoms with Crippen molar-refractivity contribution in [1.29, 1.82) is 0 Å². The van der Waals surface area contributed by atoms with Gasteiger partial charge in [0.1, 0.15) is 5.69 Å². The summed E-state index contributed by atoms with van der Waals surface area (Å²) in [5.41, 5.74) is 2.60. The second-order valence-electron chi connectivity index (χ2n) is 3.35. The lowest BCUT2D eigenvalue weighted by Gasteiger charge is -2.16. The zero-order chi connectivity index (χ0) is 12.1. The van der Waals surface area contributed by atoms with Gasteiger partial charge in [-0.3, -0.25) is 9.97 Å². The van der Waals surface area contributed by atoms with E-state index in [9.17, 15) is 0 Å². The molecule has 0 aliphatic rings. The molecule has 0 bridgehead atoms. The highest BCUT2D eigenvalue weighted by molar-refractivity contribution is 7.09. The van der Waals surface area contributed by atoms with Crippen molar-refractivity contribution in [3.8, 4) is 5.88 Å². The average Bonchev–Trinajstić information content (AvgIpc) is 2.89. The smallest absolute Gasteiger partial charge is 0.237 e. The Labute approximate surface area is 104 Å². The standard InChI is InChI=1S/C11H14N4OS/c1-3-13-9(8-6-12-7-17-8)10-11(16-2)15-5-4-14-10/h4-7,9,13H,3H2,1-2H3. The summed E-state index contributed by atoms with van der Waals surface area (Å²) in [6.07, 6.45) is 5.13. The van der Waals surface area contributed by atoms with E-state index in [2.05, 4.69) is 27.2 Å². The van der Waals surface area contributed by atoms with Crippen LogP contribution in [0.25, 0.3) is 0 Å². The van der Waals surface area contributed by atoms with Gasteiger partial charge in [-0.2, -0.15) is 0 Å². The van der Waals surface area contributed by atoms with Gasteiger partial charge in [0.2, 0.25) is 5.88 Å². The monoisotopic (exact) mass is 250 g/mol. The molecule has 0 spiro atoms. The Bertz CT molecular complexity index is 460. The molecular formula is C11H14N4OS. The molecule has 2 heterocycles. The molecule has 0 aliphatic heterocycles. The molecule has 0 aromatic carbocycles. The normalized spacial score (nSPS) is 12.4. The Balaban J connectivity index is 2.39. The van der Waals surface area contributed by atoms with E-state index < -0.39 is 0 Å². The first-order valence-corrected chi connectivity index (χ1v) is 6.21. The highest BCUT2D eigenvalue weighted by Gasteiger charge is 2.20. The molecule has 1 unspecified atom stereocenters. The minimum Gasteiger partial charge on any atom is -0.480 e. The van der Waals surface area contributed by atoms with Gasteiger partial charge in [0, 0.05) is 23.5 Å². The molecule has 6 heteroatoms. The Morgan fingerprint density at radius 2 is 2.24 bits per heavy atom. The van der Waals surface area contributed by atoms with Crippen molar-refractivity contribution >= 4 is 11.3 Å². The van der Waals surface area contributed by atoms with Gasteiger partial charge in [-0.1, -0.05) is 6.92 Å². The molecule has 0 radical (unpaired) electrons. The van der Waals surface area contributed by atoms with E-state index in [1.54, 1.807) is 30.8 Å². The lowest BCUT2D eigenvalue weighted by Crippen LogP contribution is -2.23. The van der Waals surface area contributed by atoms with Crippen molar-refractivity contribution in [3.05, 3.63) is 34.7 Å². The molecular weight excluding hydrogens is 236 g/mol. The SMILES string of the molecule is CCNC(c1cncs1)c1nccnc1OC. The van der Waals surface area contributed by atoms with Gasteiger partial charge in [0.15, 0.2) is 0 Å². The van der Waals surface area contributed by atoms with Gasteiger partial charge in [-0.15, -0.1) is 11.3 Å². The molecule has 17 heavy (non-hydrogen) atoms. The number of aromatic nitrogens is 3. The van der Waals surface area contributed by atoms with Crippen LogP contribution in [0.15, 0.2) is 24.1 Å². The zero-order valence-electron chi connectivity index (χ0n) is 9.75. The maximum atomic E-state index is 5.24. The van der Waals surface area contributed by atoms with Crippen molar-refractivity contribution in [2.75, 3.05) is 13.7 Å². The third-order valence-corrected chi connectivity index (χ3v) is 3.14. The van der Waals surface area contributed by atoms with E-state index in [1.807, 2.05) is 11.7 Å². The fraction of sp³-hybridized carbons (Fsp3) is 0.364. The van der Waals surface area contributed by atoms with E-state index in [0.29, 0.717) is 5.88 Å². The Hall–Kier alpha value is -1.53. The molecule has 0 aliphatic carbocycles. The van der Waals surface area contributed by atoms with Crippen LogP contribution in [0.5, 0.6) is 5.88 Å². The van der Waals surface area contributed by atoms with Crippen LogP contribution in [0.4, 0.5) is 0 Å². The molecule has 1 atom stereocenters. The van der Waals surface area contributed by atoms with Gasteiger partial charge >= 0.3 is 0 Å². The Morgan fingerprint density at radius 1 is 1.41 bits per heavy atom. The number of methoxy groups -OCH3 is 1. The average molecular weight is 250 g/mol. The maximum Gasteiger partial charge on any atom is 0.237 e. The van der Waals surface area contributed by atoms with Gasteiger partial charge in [0.25, 0.3) is 0 Å². The molecule has 90 valence electrons. The molecule has 1 N–H and O–H groups in total. The van der Waals surface area contributed by atoms with Crippen LogP contribution in [-0.2, 0) is 0 Å². The quantitative estimate of drug-likeness (QED) is 0.874. The summed E-state index contributed by atoms with van der Waals surface area (Å²) in [5, 5.41) is 3.36. The van der Waals surface area contributed by atoms with Crippen LogP contribution < -0.4 is 10.1 Å². The first kappa shape index (κ1) is 11.9. The molecule has 5 nitrogen and oxygen atoms in total. The van der Waals surface area contributed by atoms with Crippen LogP contribution in [-0.4, -0.2) is 28.6 Å². The number of rotatable bonds is 5. The topological polar surface area (TPSA) is 59.9 Å². The van der Waals surface area contributed by atoms with Crippen molar-refractivity contribution in [2.24, 2.45) is 0 Å². The number of hydrogen-bond acceptors (Lipinski definition) is 6. The highest BCUT2D eigenvalue weighted by atomic mass is 32.1. The van der Waals surface area contributed by atoms with Gasteiger partial charge in [-0.05, 0) is 6.54 Å². The van der Waals surface area contributed by atoms with Crippen LogP contribution in [0.1, 0.15) is 23.5 Å². The molecule has 2 aromatic rings. The van der Waals surface area contributed by atoms with E-state index >= 15 is 0 Å². The van der Waals surface area contributed by atoms with E-state index in [0.717, 1.165) is 17.1 Å². The maximum absolute atomic E-state index is 5.24. The zero-order valence-corrected chi connectivity index (χ0v) is 10.6. The van der Waals surface area contributed by atoms with Crippen LogP contribution in [0, 0.1) is 0 Å². The highest BCUT2D eigenvalue weighted by Crippen LogP contribution is 2.28. The summed E-state index contributed by atoms with van der Waals surface area (Å²) >= 11 is 1.59. The Kier molecular flexibility index (Phi) is 4.00. The number of nitrogens with one attached hydrogen (secondary N) is 1. The lowest BCUT2D eigenvalue weighted by atomic mass is 10.2. The summed E-state index contributed by atoms with van der Waals surface area (Å²) in [4.78, 5) is 13.7. The van der Waals surface area contributed by atoms with Gasteiger partial charge in [0.05, 0.1) is 18.7 Å². The summed E-state index contributed by atoms with van der Waals surface area (Å²) in [5.74, 6) is 0.548. The van der Waals surface area contributed by atoms with Crippen molar-refractivity contribution in [1.82, 2.24) is 20.3 Å². The van der Waals surface area contributed by atoms with E-state index in [4.69, 9.17) is 4.74 Å². The first-order valence-electron chi connectivity index (χ1n) is 5.33. The molecule has 0 fully saturated rings. The van der Waals surface area contributed by atoms with Crippen LogP contribution in [0.2, 0.25) is 0 Å². The summed E-state index contributed by atoms with van der Waals surface area (Å²) in [6, 6.07) is -0.0175. The molecule has 2 aromatic heterocycles. The summed E-state index contributed by atoms with van der Waals surface area (Å²) in [7, 11) is 1.60. The van der Waals surface area contributed by atoms with Gasteiger partial charge < -0.3 is 10.1 Å².